The van der Waals surface area contributed by atoms with E-state index in [4.69, 9.17) is 5.11 Å². The number of nitrogens with zero attached hydrogens (tertiary/aromatic N) is 2. The van der Waals surface area contributed by atoms with Crippen molar-refractivity contribution >= 4 is 21.9 Å². The van der Waals surface area contributed by atoms with Crippen molar-refractivity contribution in [3.63, 3.8) is 0 Å². The summed E-state index contributed by atoms with van der Waals surface area (Å²) in [7, 11) is 0.725. The molecule has 24 heavy (non-hydrogen) atoms. The minimum absolute atomic E-state index is 0.00429. The van der Waals surface area contributed by atoms with Crippen molar-refractivity contribution in [1.29, 1.82) is 0 Å². The number of hydrogen-bond donors (Lipinski definition) is 2. The summed E-state index contributed by atoms with van der Waals surface area (Å²) in [5.41, 5.74) is -0.805. The van der Waals surface area contributed by atoms with Gasteiger partial charge in [0, 0.05) is 27.3 Å². The first-order valence-electron chi connectivity index (χ1n) is 7.44. The van der Waals surface area contributed by atoms with Gasteiger partial charge in [0.1, 0.15) is 10.6 Å². The second-order valence-electron chi connectivity index (χ2n) is 6.56. The lowest BCUT2D eigenvalue weighted by Crippen LogP contribution is -2.51. The van der Waals surface area contributed by atoms with E-state index in [0.717, 1.165) is 4.31 Å². The quantitative estimate of drug-likeness (QED) is 0.752. The molecular formula is C15H25N3O5S. The average Bonchev–Trinajstić information content (AvgIpc) is 2.80. The first kappa shape index (κ1) is 20.2. The van der Waals surface area contributed by atoms with E-state index in [-0.39, 0.29) is 22.9 Å². The smallest absolute Gasteiger partial charge is 0.305 e. The van der Waals surface area contributed by atoms with Crippen LogP contribution in [0.1, 0.15) is 37.7 Å². The van der Waals surface area contributed by atoms with E-state index >= 15 is 0 Å². The summed E-state index contributed by atoms with van der Waals surface area (Å²) in [6.45, 7) is 5.29. The molecule has 1 amide bonds. The molecule has 0 aliphatic carbocycles. The maximum Gasteiger partial charge on any atom is 0.305 e. The van der Waals surface area contributed by atoms with E-state index in [2.05, 4.69) is 5.32 Å². The third-order valence-corrected chi connectivity index (χ3v) is 5.96. The van der Waals surface area contributed by atoms with Crippen LogP contribution in [0.2, 0.25) is 0 Å². The summed E-state index contributed by atoms with van der Waals surface area (Å²) in [5, 5.41) is 11.8. The van der Waals surface area contributed by atoms with Crippen LogP contribution >= 0.6 is 0 Å². The first-order valence-corrected chi connectivity index (χ1v) is 8.88. The fraction of sp³-hybridized carbons (Fsp3) is 0.600. The maximum absolute atomic E-state index is 12.5. The Bertz CT molecular complexity index is 736. The lowest BCUT2D eigenvalue weighted by atomic mass is 9.85. The van der Waals surface area contributed by atoms with Gasteiger partial charge in [0.25, 0.3) is 5.91 Å². The van der Waals surface area contributed by atoms with Crippen molar-refractivity contribution in [3.8, 4) is 0 Å². The van der Waals surface area contributed by atoms with Crippen molar-refractivity contribution < 1.29 is 23.1 Å². The topological polar surface area (TPSA) is 109 Å². The highest BCUT2D eigenvalue weighted by molar-refractivity contribution is 7.89. The van der Waals surface area contributed by atoms with Gasteiger partial charge >= 0.3 is 5.97 Å². The number of carboxylic acids is 1. The molecule has 1 aromatic heterocycles. The van der Waals surface area contributed by atoms with Gasteiger partial charge in [-0.25, -0.2) is 12.7 Å². The Balaban J connectivity index is 3.17. The highest BCUT2D eigenvalue weighted by Gasteiger charge is 2.34. The molecule has 136 valence electrons. The van der Waals surface area contributed by atoms with Crippen LogP contribution in [0, 0.1) is 5.92 Å². The number of carbonyl (C=O) groups excluding carboxylic acids is 1. The van der Waals surface area contributed by atoms with E-state index in [9.17, 15) is 18.0 Å². The Hall–Kier alpha value is -1.87. The maximum atomic E-state index is 12.5. The number of carbonyl (C=O) groups is 2. The van der Waals surface area contributed by atoms with E-state index in [1.165, 1.54) is 30.9 Å². The van der Waals surface area contributed by atoms with Gasteiger partial charge in [0.05, 0.1) is 12.0 Å². The molecule has 0 saturated carbocycles. The summed E-state index contributed by atoms with van der Waals surface area (Å²) in [6, 6.07) is 1.28. The predicted molar refractivity (Wildman–Crippen MR) is 89.2 cm³/mol. The highest BCUT2D eigenvalue weighted by atomic mass is 32.2. The predicted octanol–water partition coefficient (Wildman–Crippen LogP) is 0.895. The van der Waals surface area contributed by atoms with Crippen LogP contribution in [0.15, 0.2) is 17.2 Å². The van der Waals surface area contributed by atoms with Crippen LogP contribution in [0.3, 0.4) is 0 Å². The van der Waals surface area contributed by atoms with Crippen molar-refractivity contribution in [2.45, 2.75) is 37.6 Å². The van der Waals surface area contributed by atoms with Gasteiger partial charge in [-0.2, -0.15) is 0 Å². The molecule has 0 aliphatic heterocycles. The third-order valence-electron chi connectivity index (χ3n) is 4.18. The third kappa shape index (κ3) is 4.15. The van der Waals surface area contributed by atoms with Crippen molar-refractivity contribution in [2.24, 2.45) is 13.0 Å². The zero-order valence-corrected chi connectivity index (χ0v) is 15.6. The SMILES string of the molecule is CC(C)C(C)(CC(=O)O)NC(=O)c1cc(S(=O)(=O)N(C)C)cn1C. The van der Waals surface area contributed by atoms with Gasteiger partial charge in [0.15, 0.2) is 0 Å². The van der Waals surface area contributed by atoms with E-state index in [1.54, 1.807) is 14.0 Å². The van der Waals surface area contributed by atoms with Crippen LogP contribution < -0.4 is 5.32 Å². The molecule has 0 fully saturated rings. The molecule has 1 atom stereocenters. The van der Waals surface area contributed by atoms with Crippen LogP contribution in [0.4, 0.5) is 0 Å². The van der Waals surface area contributed by atoms with E-state index in [0.29, 0.717) is 0 Å². The number of aryl methyl sites for hydroxylation is 1. The molecular weight excluding hydrogens is 334 g/mol. The molecule has 0 saturated heterocycles. The van der Waals surface area contributed by atoms with Crippen molar-refractivity contribution in [1.82, 2.24) is 14.2 Å². The molecule has 9 heteroatoms. The Kier molecular flexibility index (Phi) is 5.83. The minimum atomic E-state index is -3.65. The van der Waals surface area contributed by atoms with Crippen molar-refractivity contribution in [2.75, 3.05) is 14.1 Å². The van der Waals surface area contributed by atoms with Crippen LogP contribution in [0.5, 0.6) is 0 Å². The fourth-order valence-electron chi connectivity index (χ4n) is 2.14. The summed E-state index contributed by atoms with van der Waals surface area (Å²) >= 11 is 0. The van der Waals surface area contributed by atoms with E-state index in [1.807, 2.05) is 13.8 Å². The normalized spacial score (nSPS) is 14.7. The monoisotopic (exact) mass is 359 g/mol. The van der Waals surface area contributed by atoms with Crippen LogP contribution in [0.25, 0.3) is 0 Å². The molecule has 0 aromatic carbocycles. The summed E-state index contributed by atoms with van der Waals surface area (Å²) < 4.78 is 26.8. The molecule has 0 bridgehead atoms. The molecule has 0 spiro atoms. The Morgan fingerprint density at radius 1 is 1.38 bits per heavy atom. The van der Waals surface area contributed by atoms with Gasteiger partial charge < -0.3 is 15.0 Å². The zero-order valence-electron chi connectivity index (χ0n) is 14.8. The Morgan fingerprint density at radius 3 is 2.33 bits per heavy atom. The van der Waals surface area contributed by atoms with Crippen molar-refractivity contribution in [3.05, 3.63) is 18.0 Å². The molecule has 1 heterocycles. The van der Waals surface area contributed by atoms with Gasteiger partial charge in [-0.15, -0.1) is 0 Å². The lowest BCUT2D eigenvalue weighted by molar-refractivity contribution is -0.138. The minimum Gasteiger partial charge on any atom is -0.481 e. The second kappa shape index (κ2) is 6.94. The average molecular weight is 359 g/mol. The number of hydrogen-bond acceptors (Lipinski definition) is 4. The molecule has 1 unspecified atom stereocenters. The number of carboxylic acid groups (broad SMARTS) is 1. The Labute approximate surface area is 142 Å². The summed E-state index contributed by atoms with van der Waals surface area (Å²) in [5.74, 6) is -1.66. The largest absolute Gasteiger partial charge is 0.481 e. The summed E-state index contributed by atoms with van der Waals surface area (Å²) in [6.07, 6.45) is 1.12. The molecule has 8 nitrogen and oxygen atoms in total. The number of aromatic nitrogens is 1. The number of sulfonamides is 1. The molecule has 0 radical (unpaired) electrons. The standard InChI is InChI=1S/C15H25N3O5S/c1-10(2)15(3,8-13(19)20)16-14(21)12-7-11(9-18(12)6)24(22,23)17(4)5/h7,9-10H,8H2,1-6H3,(H,16,21)(H,19,20). The fourth-order valence-corrected chi connectivity index (χ4v) is 3.12. The number of aliphatic carboxylic acids is 1. The van der Waals surface area contributed by atoms with Gasteiger partial charge in [-0.3, -0.25) is 9.59 Å². The van der Waals surface area contributed by atoms with Crippen LogP contribution in [-0.2, 0) is 21.9 Å². The zero-order chi connectivity index (χ0) is 18.9. The van der Waals surface area contributed by atoms with Gasteiger partial charge in [-0.05, 0) is 18.9 Å². The lowest BCUT2D eigenvalue weighted by Gasteiger charge is -2.33. The van der Waals surface area contributed by atoms with Gasteiger partial charge in [-0.1, -0.05) is 13.8 Å². The highest BCUT2D eigenvalue weighted by Crippen LogP contribution is 2.23. The Morgan fingerprint density at radius 2 is 1.92 bits per heavy atom. The van der Waals surface area contributed by atoms with Gasteiger partial charge in [0.2, 0.25) is 10.0 Å². The number of nitrogens with one attached hydrogen (secondary N) is 1. The molecule has 1 aromatic rings. The molecule has 1 rings (SSSR count). The first-order chi connectivity index (χ1) is 10.8. The van der Waals surface area contributed by atoms with E-state index < -0.39 is 27.4 Å². The van der Waals surface area contributed by atoms with Crippen LogP contribution in [-0.4, -0.2) is 53.9 Å². The summed E-state index contributed by atoms with van der Waals surface area (Å²) in [4.78, 5) is 23.6. The molecule has 2 N–H and O–H groups in total. The second-order valence-corrected chi connectivity index (χ2v) is 8.71. The number of amides is 1. The number of rotatable bonds is 7. The molecule has 0 aliphatic rings.